The Morgan fingerprint density at radius 1 is 1.25 bits per heavy atom. The Labute approximate surface area is 117 Å². The predicted molar refractivity (Wildman–Crippen MR) is 73.7 cm³/mol. The first-order chi connectivity index (χ1) is 9.39. The van der Waals surface area contributed by atoms with E-state index in [0.717, 1.165) is 0 Å². The SMILES string of the molecule is CC(=O)Nc1ccc(S(=O)(=O)N2CCCC(=O)C2)cc1. The van der Waals surface area contributed by atoms with Crippen molar-refractivity contribution in [2.45, 2.75) is 24.7 Å². The molecule has 1 heterocycles. The molecule has 0 saturated carbocycles. The molecule has 1 amide bonds. The van der Waals surface area contributed by atoms with Crippen molar-refractivity contribution < 1.29 is 18.0 Å². The van der Waals surface area contributed by atoms with Crippen LogP contribution < -0.4 is 5.32 Å². The minimum Gasteiger partial charge on any atom is -0.326 e. The average molecular weight is 296 g/mol. The Kier molecular flexibility index (Phi) is 4.20. The zero-order valence-corrected chi connectivity index (χ0v) is 11.9. The second-order valence-corrected chi connectivity index (χ2v) is 6.62. The Hall–Kier alpha value is -1.73. The van der Waals surface area contributed by atoms with Crippen molar-refractivity contribution in [2.75, 3.05) is 18.4 Å². The highest BCUT2D eigenvalue weighted by molar-refractivity contribution is 7.89. The van der Waals surface area contributed by atoms with E-state index >= 15 is 0 Å². The van der Waals surface area contributed by atoms with Crippen LogP contribution in [0, 0.1) is 0 Å². The van der Waals surface area contributed by atoms with Crippen LogP contribution in [0.2, 0.25) is 0 Å². The summed E-state index contributed by atoms with van der Waals surface area (Å²) in [5.41, 5.74) is 0.533. The number of amides is 1. The van der Waals surface area contributed by atoms with Gasteiger partial charge in [-0.3, -0.25) is 9.59 Å². The molecular formula is C13H16N2O4S. The number of piperidine rings is 1. The molecule has 0 aliphatic carbocycles. The molecule has 0 unspecified atom stereocenters. The van der Waals surface area contributed by atoms with E-state index in [2.05, 4.69) is 5.32 Å². The third kappa shape index (κ3) is 3.23. The highest BCUT2D eigenvalue weighted by Gasteiger charge is 2.28. The minimum absolute atomic E-state index is 0.0597. The summed E-state index contributed by atoms with van der Waals surface area (Å²) in [6.45, 7) is 1.68. The summed E-state index contributed by atoms with van der Waals surface area (Å²) in [5.74, 6) is -0.281. The number of rotatable bonds is 3. The molecule has 1 saturated heterocycles. The molecular weight excluding hydrogens is 280 g/mol. The van der Waals surface area contributed by atoms with Gasteiger partial charge in [-0.25, -0.2) is 8.42 Å². The lowest BCUT2D eigenvalue weighted by molar-refractivity contribution is -0.120. The molecule has 0 radical (unpaired) electrons. The van der Waals surface area contributed by atoms with E-state index in [4.69, 9.17) is 0 Å². The number of anilines is 1. The fourth-order valence-electron chi connectivity index (χ4n) is 2.08. The number of carbonyl (C=O) groups excluding carboxylic acids is 2. The quantitative estimate of drug-likeness (QED) is 0.902. The average Bonchev–Trinajstić information content (AvgIpc) is 2.38. The van der Waals surface area contributed by atoms with Gasteiger partial charge in [-0.1, -0.05) is 0 Å². The summed E-state index contributed by atoms with van der Waals surface area (Å²) in [5, 5.41) is 2.57. The summed E-state index contributed by atoms with van der Waals surface area (Å²) in [4.78, 5) is 22.4. The Morgan fingerprint density at radius 3 is 2.45 bits per heavy atom. The molecule has 1 aromatic carbocycles. The van der Waals surface area contributed by atoms with E-state index in [1.807, 2.05) is 0 Å². The van der Waals surface area contributed by atoms with Crippen molar-refractivity contribution in [3.63, 3.8) is 0 Å². The van der Waals surface area contributed by atoms with Crippen molar-refractivity contribution in [1.82, 2.24) is 4.31 Å². The van der Waals surface area contributed by atoms with Gasteiger partial charge in [0.15, 0.2) is 0 Å². The number of sulfonamides is 1. The number of benzene rings is 1. The summed E-state index contributed by atoms with van der Waals surface area (Å²) >= 11 is 0. The van der Waals surface area contributed by atoms with E-state index in [9.17, 15) is 18.0 Å². The van der Waals surface area contributed by atoms with Crippen molar-refractivity contribution in [1.29, 1.82) is 0 Å². The van der Waals surface area contributed by atoms with E-state index in [1.54, 1.807) is 0 Å². The number of carbonyl (C=O) groups is 2. The van der Waals surface area contributed by atoms with E-state index in [1.165, 1.54) is 35.5 Å². The van der Waals surface area contributed by atoms with Crippen molar-refractivity contribution in [3.05, 3.63) is 24.3 Å². The summed E-state index contributed by atoms with van der Waals surface area (Å²) < 4.78 is 25.9. The van der Waals surface area contributed by atoms with Crippen LogP contribution in [0.1, 0.15) is 19.8 Å². The molecule has 2 rings (SSSR count). The van der Waals surface area contributed by atoms with Crippen molar-refractivity contribution in [3.8, 4) is 0 Å². The van der Waals surface area contributed by atoms with Crippen LogP contribution in [0.15, 0.2) is 29.2 Å². The van der Waals surface area contributed by atoms with Gasteiger partial charge < -0.3 is 5.32 Å². The first kappa shape index (κ1) is 14.7. The fourth-order valence-corrected chi connectivity index (χ4v) is 3.54. The van der Waals surface area contributed by atoms with Gasteiger partial charge >= 0.3 is 0 Å². The van der Waals surface area contributed by atoms with Crippen LogP contribution in [0.4, 0.5) is 5.69 Å². The zero-order valence-electron chi connectivity index (χ0n) is 11.1. The lowest BCUT2D eigenvalue weighted by atomic mass is 10.1. The second-order valence-electron chi connectivity index (χ2n) is 4.69. The summed E-state index contributed by atoms with van der Waals surface area (Å²) in [6, 6.07) is 5.92. The van der Waals surface area contributed by atoms with Gasteiger partial charge in [0, 0.05) is 25.6 Å². The highest BCUT2D eigenvalue weighted by Crippen LogP contribution is 2.21. The van der Waals surface area contributed by atoms with E-state index < -0.39 is 10.0 Å². The topological polar surface area (TPSA) is 83.6 Å². The number of nitrogens with zero attached hydrogens (tertiary/aromatic N) is 1. The molecule has 0 aromatic heterocycles. The number of ketones is 1. The highest BCUT2D eigenvalue weighted by atomic mass is 32.2. The van der Waals surface area contributed by atoms with Crippen LogP contribution in [0.5, 0.6) is 0 Å². The van der Waals surface area contributed by atoms with Gasteiger partial charge in [-0.2, -0.15) is 4.31 Å². The molecule has 7 heteroatoms. The number of hydrogen-bond acceptors (Lipinski definition) is 4. The summed E-state index contributed by atoms with van der Waals surface area (Å²) in [6.07, 6.45) is 0.996. The largest absolute Gasteiger partial charge is 0.326 e. The molecule has 20 heavy (non-hydrogen) atoms. The number of nitrogens with one attached hydrogen (secondary N) is 1. The first-order valence-electron chi connectivity index (χ1n) is 6.29. The maximum atomic E-state index is 12.4. The van der Waals surface area contributed by atoms with Crippen LogP contribution in [-0.2, 0) is 19.6 Å². The Balaban J connectivity index is 2.21. The molecule has 108 valence electrons. The van der Waals surface area contributed by atoms with Crippen LogP contribution in [0.25, 0.3) is 0 Å². The first-order valence-corrected chi connectivity index (χ1v) is 7.73. The molecule has 0 atom stereocenters. The minimum atomic E-state index is -3.64. The van der Waals surface area contributed by atoms with Crippen LogP contribution in [-0.4, -0.2) is 37.5 Å². The third-order valence-corrected chi connectivity index (χ3v) is 4.89. The van der Waals surface area contributed by atoms with Crippen LogP contribution >= 0.6 is 0 Å². The number of hydrogen-bond donors (Lipinski definition) is 1. The Bertz CT molecular complexity index is 622. The molecule has 6 nitrogen and oxygen atoms in total. The lowest BCUT2D eigenvalue weighted by Gasteiger charge is -2.25. The molecule has 1 N–H and O–H groups in total. The van der Waals surface area contributed by atoms with Gasteiger partial charge in [-0.15, -0.1) is 0 Å². The van der Waals surface area contributed by atoms with E-state index in [-0.39, 0.29) is 23.1 Å². The van der Waals surface area contributed by atoms with Gasteiger partial charge in [0.2, 0.25) is 15.9 Å². The molecule has 0 bridgehead atoms. The maximum absolute atomic E-state index is 12.4. The van der Waals surface area contributed by atoms with Gasteiger partial charge in [-0.05, 0) is 30.7 Å². The van der Waals surface area contributed by atoms with Gasteiger partial charge in [0.25, 0.3) is 0 Å². The molecule has 1 aliphatic rings. The van der Waals surface area contributed by atoms with Gasteiger partial charge in [0.05, 0.1) is 11.4 Å². The molecule has 1 aliphatic heterocycles. The maximum Gasteiger partial charge on any atom is 0.243 e. The standard InChI is InChI=1S/C13H16N2O4S/c1-10(16)14-11-4-6-13(7-5-11)20(18,19)15-8-2-3-12(17)9-15/h4-7H,2-3,8-9H2,1H3,(H,14,16). The fraction of sp³-hybridized carbons (Fsp3) is 0.385. The monoisotopic (exact) mass is 296 g/mol. The van der Waals surface area contributed by atoms with E-state index in [0.29, 0.717) is 25.1 Å². The molecule has 1 fully saturated rings. The van der Waals surface area contributed by atoms with Crippen molar-refractivity contribution in [2.24, 2.45) is 0 Å². The zero-order chi connectivity index (χ0) is 14.8. The molecule has 1 aromatic rings. The third-order valence-electron chi connectivity index (χ3n) is 3.03. The van der Waals surface area contributed by atoms with Crippen molar-refractivity contribution >= 4 is 27.4 Å². The predicted octanol–water partition coefficient (Wildman–Crippen LogP) is 0.999. The Morgan fingerprint density at radius 2 is 1.90 bits per heavy atom. The molecule has 0 spiro atoms. The smallest absolute Gasteiger partial charge is 0.243 e. The normalized spacial score (nSPS) is 16.9. The number of Topliss-reactive ketones (excluding diaryl/α,β-unsaturated/α-hetero) is 1. The van der Waals surface area contributed by atoms with Gasteiger partial charge in [0.1, 0.15) is 5.78 Å². The summed E-state index contributed by atoms with van der Waals surface area (Å²) in [7, 11) is -3.64. The second kappa shape index (κ2) is 5.72. The lowest BCUT2D eigenvalue weighted by Crippen LogP contribution is -2.40. The van der Waals surface area contributed by atoms with Crippen LogP contribution in [0.3, 0.4) is 0 Å².